The van der Waals surface area contributed by atoms with Crippen LogP contribution in [0.25, 0.3) is 0 Å². The van der Waals surface area contributed by atoms with Crippen molar-refractivity contribution < 1.29 is 44.9 Å². The van der Waals surface area contributed by atoms with Crippen molar-refractivity contribution in [2.45, 2.75) is 210 Å². The maximum atomic E-state index is 13.0. The molecule has 10 heteroatoms. The number of aliphatic hydroxyl groups excluding tert-OH is 6. The molecule has 0 aromatic rings. The summed E-state index contributed by atoms with van der Waals surface area (Å²) in [6.45, 7) is 3.56. The van der Waals surface area contributed by atoms with Gasteiger partial charge in [-0.2, -0.15) is 0 Å². The lowest BCUT2D eigenvalue weighted by Gasteiger charge is -2.40. The second-order valence-electron chi connectivity index (χ2n) is 14.2. The minimum absolute atomic E-state index is 0.234. The molecule has 50 heavy (non-hydrogen) atoms. The number of nitrogens with one attached hydrogen (secondary N) is 1. The first kappa shape index (κ1) is 46.7. The van der Waals surface area contributed by atoms with Crippen LogP contribution in [-0.2, 0) is 14.3 Å². The maximum absolute atomic E-state index is 13.0. The molecule has 1 saturated heterocycles. The number of unbranched alkanes of at least 4 members (excludes halogenated alkanes) is 18. The van der Waals surface area contributed by atoms with Crippen LogP contribution >= 0.6 is 0 Å². The van der Waals surface area contributed by atoms with E-state index in [0.717, 1.165) is 64.2 Å². The van der Waals surface area contributed by atoms with Crippen LogP contribution in [-0.4, -0.2) is 98.7 Å². The van der Waals surface area contributed by atoms with Gasteiger partial charge in [-0.25, -0.2) is 0 Å². The first-order valence-corrected chi connectivity index (χ1v) is 20.1. The molecule has 0 unspecified atom stereocenters. The third-order valence-electron chi connectivity index (χ3n) is 9.64. The summed E-state index contributed by atoms with van der Waals surface area (Å²) in [5.41, 5.74) is 0. The average Bonchev–Trinajstić information content (AvgIpc) is 3.11. The van der Waals surface area contributed by atoms with Crippen LogP contribution in [0.5, 0.6) is 0 Å². The molecular weight excluding hydrogens is 638 g/mol. The van der Waals surface area contributed by atoms with Crippen molar-refractivity contribution in [2.24, 2.45) is 0 Å². The van der Waals surface area contributed by atoms with Gasteiger partial charge in [-0.1, -0.05) is 134 Å². The van der Waals surface area contributed by atoms with Crippen molar-refractivity contribution in [3.8, 4) is 0 Å². The van der Waals surface area contributed by atoms with Gasteiger partial charge < -0.3 is 45.4 Å². The summed E-state index contributed by atoms with van der Waals surface area (Å²) in [5.74, 6) is -0.613. The second-order valence-corrected chi connectivity index (χ2v) is 14.2. The highest BCUT2D eigenvalue weighted by molar-refractivity contribution is 5.80. The lowest BCUT2D eigenvalue weighted by atomic mass is 9.99. The summed E-state index contributed by atoms with van der Waals surface area (Å²) in [6.07, 6.45) is 23.9. The highest BCUT2D eigenvalue weighted by Crippen LogP contribution is 2.22. The van der Waals surface area contributed by atoms with Gasteiger partial charge in [0.05, 0.1) is 25.4 Å². The van der Waals surface area contributed by atoms with Crippen molar-refractivity contribution in [1.29, 1.82) is 0 Å². The predicted molar refractivity (Wildman–Crippen MR) is 199 cm³/mol. The smallest absolute Gasteiger partial charge is 0.249 e. The van der Waals surface area contributed by atoms with Crippen LogP contribution < -0.4 is 5.32 Å². The summed E-state index contributed by atoms with van der Waals surface area (Å²) in [6, 6.07) is -0.944. The van der Waals surface area contributed by atoms with Crippen LogP contribution in [0.4, 0.5) is 0 Å². The summed E-state index contributed by atoms with van der Waals surface area (Å²) in [7, 11) is 0. The molecule has 1 amide bonds. The first-order valence-electron chi connectivity index (χ1n) is 20.1. The van der Waals surface area contributed by atoms with Crippen LogP contribution in [0.1, 0.15) is 162 Å². The Balaban J connectivity index is 2.52. The maximum Gasteiger partial charge on any atom is 0.249 e. The van der Waals surface area contributed by atoms with Gasteiger partial charge in [0, 0.05) is 0 Å². The zero-order chi connectivity index (χ0) is 36.8. The highest BCUT2D eigenvalue weighted by Gasteiger charge is 2.44. The Hall–Kier alpha value is -1.37. The van der Waals surface area contributed by atoms with E-state index in [1.807, 2.05) is 12.2 Å². The Labute approximate surface area is 303 Å². The molecule has 0 aliphatic carbocycles. The van der Waals surface area contributed by atoms with Crippen molar-refractivity contribution in [3.63, 3.8) is 0 Å². The van der Waals surface area contributed by atoms with E-state index in [4.69, 9.17) is 9.47 Å². The van der Waals surface area contributed by atoms with E-state index in [1.54, 1.807) is 0 Å². The van der Waals surface area contributed by atoms with E-state index in [-0.39, 0.29) is 13.0 Å². The van der Waals surface area contributed by atoms with Gasteiger partial charge in [-0.3, -0.25) is 4.79 Å². The largest absolute Gasteiger partial charge is 0.394 e. The van der Waals surface area contributed by atoms with Gasteiger partial charge in [0.15, 0.2) is 6.29 Å². The molecule has 0 spiro atoms. The Morgan fingerprint density at radius 1 is 0.680 bits per heavy atom. The minimum atomic E-state index is -1.61. The highest BCUT2D eigenvalue weighted by atomic mass is 16.7. The molecule has 7 N–H and O–H groups in total. The Morgan fingerprint density at radius 3 is 1.72 bits per heavy atom. The van der Waals surface area contributed by atoms with Gasteiger partial charge in [0.2, 0.25) is 5.91 Å². The molecule has 1 aliphatic rings. The molecule has 294 valence electrons. The third kappa shape index (κ3) is 21.9. The van der Waals surface area contributed by atoms with Gasteiger partial charge in [-0.05, 0) is 51.4 Å². The van der Waals surface area contributed by atoms with Crippen LogP contribution in [0.2, 0.25) is 0 Å². The van der Waals surface area contributed by atoms with Gasteiger partial charge in [0.1, 0.15) is 30.5 Å². The fourth-order valence-electron chi connectivity index (χ4n) is 6.21. The molecule has 8 atom stereocenters. The van der Waals surface area contributed by atoms with Crippen molar-refractivity contribution in [1.82, 2.24) is 5.32 Å². The third-order valence-corrected chi connectivity index (χ3v) is 9.64. The number of carbonyl (C=O) groups excluding carboxylic acids is 1. The molecule has 0 radical (unpaired) electrons. The molecule has 10 nitrogen and oxygen atoms in total. The summed E-state index contributed by atoms with van der Waals surface area (Å²) >= 11 is 0. The Morgan fingerprint density at radius 2 is 1.16 bits per heavy atom. The number of ether oxygens (including phenoxy) is 2. The SMILES string of the molecule is CCCCC/C=C/CCCCC/C=C/C[C@H](O)[C@H](CO[C@@H]1O[C@H](CO)[C@H](O)[C@@H](O)[C@@H]1O)NC(=O)[C@H](O)CCCCCCCCCCCCCC. The van der Waals surface area contributed by atoms with Gasteiger partial charge >= 0.3 is 0 Å². The number of amides is 1. The van der Waals surface area contributed by atoms with E-state index < -0.39 is 61.5 Å². The molecule has 1 aliphatic heterocycles. The summed E-state index contributed by atoms with van der Waals surface area (Å²) in [5, 5.41) is 64.4. The van der Waals surface area contributed by atoms with E-state index in [0.29, 0.717) is 6.42 Å². The molecule has 0 bridgehead atoms. The number of aliphatic hydroxyl groups is 6. The molecule has 1 fully saturated rings. The molecule has 0 aromatic heterocycles. The van der Waals surface area contributed by atoms with Crippen molar-refractivity contribution in [2.75, 3.05) is 13.2 Å². The lowest BCUT2D eigenvalue weighted by Crippen LogP contribution is -2.60. The van der Waals surface area contributed by atoms with Gasteiger partial charge in [0.25, 0.3) is 0 Å². The number of rotatable bonds is 32. The van der Waals surface area contributed by atoms with E-state index in [9.17, 15) is 35.4 Å². The standard InChI is InChI=1S/C40H75NO9/c1-3-5-7-9-11-13-15-17-19-20-22-24-26-28-33(43)32(31-49-40-38(47)37(46)36(45)35(30-42)50-40)41-39(48)34(44)29-27-25-23-21-18-16-14-12-10-8-6-4-2/h11,13,24,26,32-38,40,42-47H,3-10,12,14-23,25,27-31H2,1-2H3,(H,41,48)/b13-11+,26-24+/t32-,33-,34+,35+,36-,37+,38-,40+/m0/s1. The molecule has 0 aromatic carbocycles. The average molecular weight is 714 g/mol. The number of allylic oxidation sites excluding steroid dienone is 3. The molecule has 1 heterocycles. The molecule has 0 saturated carbocycles. The Kier molecular flexibility index (Phi) is 29.1. The summed E-state index contributed by atoms with van der Waals surface area (Å²) < 4.78 is 11.1. The first-order chi connectivity index (χ1) is 24.3. The van der Waals surface area contributed by atoms with E-state index in [2.05, 4.69) is 31.3 Å². The zero-order valence-electron chi connectivity index (χ0n) is 31.5. The van der Waals surface area contributed by atoms with E-state index in [1.165, 1.54) is 70.6 Å². The number of carbonyl (C=O) groups is 1. The second kappa shape index (κ2) is 31.2. The van der Waals surface area contributed by atoms with E-state index >= 15 is 0 Å². The fraction of sp³-hybridized carbons (Fsp3) is 0.875. The summed E-state index contributed by atoms with van der Waals surface area (Å²) in [4.78, 5) is 13.0. The Bertz CT molecular complexity index is 855. The minimum Gasteiger partial charge on any atom is -0.394 e. The number of hydrogen-bond donors (Lipinski definition) is 7. The normalized spacial score (nSPS) is 23.1. The topological polar surface area (TPSA) is 169 Å². The fourth-order valence-corrected chi connectivity index (χ4v) is 6.21. The quantitative estimate of drug-likeness (QED) is 0.0320. The van der Waals surface area contributed by atoms with Crippen LogP contribution in [0.3, 0.4) is 0 Å². The van der Waals surface area contributed by atoms with Crippen LogP contribution in [0, 0.1) is 0 Å². The van der Waals surface area contributed by atoms with Crippen LogP contribution in [0.15, 0.2) is 24.3 Å². The number of hydrogen-bond acceptors (Lipinski definition) is 9. The molecular formula is C40H75NO9. The zero-order valence-corrected chi connectivity index (χ0v) is 31.5. The van der Waals surface area contributed by atoms with Gasteiger partial charge in [-0.15, -0.1) is 0 Å². The lowest BCUT2D eigenvalue weighted by molar-refractivity contribution is -0.302. The van der Waals surface area contributed by atoms with Crippen molar-refractivity contribution in [3.05, 3.63) is 24.3 Å². The monoisotopic (exact) mass is 714 g/mol. The van der Waals surface area contributed by atoms with Crippen molar-refractivity contribution >= 4 is 5.91 Å². The molecule has 1 rings (SSSR count). The predicted octanol–water partition coefficient (Wildman–Crippen LogP) is 6.13.